The Balaban J connectivity index is 1.82. The summed E-state index contributed by atoms with van der Waals surface area (Å²) in [4.78, 5) is 0. The molecule has 0 atom stereocenters. The molecule has 0 aromatic rings. The first-order chi connectivity index (χ1) is 5.58. The van der Waals surface area contributed by atoms with Gasteiger partial charge in [0, 0.05) is 12.1 Å². The van der Waals surface area contributed by atoms with Crippen LogP contribution in [0.3, 0.4) is 0 Å². The minimum Gasteiger partial charge on any atom is -0.324 e. The van der Waals surface area contributed by atoms with Crippen molar-refractivity contribution in [2.75, 3.05) is 13.1 Å². The highest BCUT2D eigenvalue weighted by molar-refractivity contribution is 4.76. The Morgan fingerprint density at radius 2 is 2.08 bits per heavy atom. The van der Waals surface area contributed by atoms with Gasteiger partial charge < -0.3 is 11.1 Å². The molecule has 3 N–H and O–H groups in total. The van der Waals surface area contributed by atoms with Crippen molar-refractivity contribution in [2.45, 2.75) is 45.1 Å². The highest BCUT2D eigenvalue weighted by Crippen LogP contribution is 2.33. The Bertz CT molecular complexity index is 122. The lowest BCUT2D eigenvalue weighted by atomic mass is 10.1. The molecule has 1 fully saturated rings. The van der Waals surface area contributed by atoms with Gasteiger partial charge in [0.2, 0.25) is 0 Å². The maximum Gasteiger partial charge on any atom is 0.0223 e. The van der Waals surface area contributed by atoms with E-state index in [4.69, 9.17) is 5.73 Å². The molecule has 0 unspecified atom stereocenters. The van der Waals surface area contributed by atoms with Crippen LogP contribution in [0.2, 0.25) is 0 Å². The van der Waals surface area contributed by atoms with E-state index in [0.717, 1.165) is 19.0 Å². The van der Waals surface area contributed by atoms with Gasteiger partial charge >= 0.3 is 0 Å². The van der Waals surface area contributed by atoms with Crippen molar-refractivity contribution in [3.63, 3.8) is 0 Å². The predicted octanol–water partition coefficient (Wildman–Crippen LogP) is 1.50. The molecule has 0 amide bonds. The fraction of sp³-hybridized carbons (Fsp3) is 1.00. The van der Waals surface area contributed by atoms with Crippen LogP contribution in [0.25, 0.3) is 0 Å². The molecule has 0 aromatic carbocycles. The zero-order valence-corrected chi connectivity index (χ0v) is 8.40. The molecule has 1 rings (SSSR count). The minimum absolute atomic E-state index is 0.0560. The molecule has 0 aromatic heterocycles. The third kappa shape index (κ3) is 5.56. The van der Waals surface area contributed by atoms with Crippen LogP contribution in [0.5, 0.6) is 0 Å². The second-order valence-corrected chi connectivity index (χ2v) is 4.75. The van der Waals surface area contributed by atoms with Gasteiger partial charge in [-0.1, -0.05) is 12.8 Å². The van der Waals surface area contributed by atoms with Gasteiger partial charge in [-0.05, 0) is 39.2 Å². The number of hydrogen-bond acceptors (Lipinski definition) is 2. The van der Waals surface area contributed by atoms with Gasteiger partial charge in [0.05, 0.1) is 0 Å². The van der Waals surface area contributed by atoms with E-state index in [2.05, 4.69) is 19.2 Å². The first kappa shape index (κ1) is 10.0. The van der Waals surface area contributed by atoms with Gasteiger partial charge in [-0.15, -0.1) is 0 Å². The van der Waals surface area contributed by atoms with Crippen LogP contribution in [0.15, 0.2) is 0 Å². The monoisotopic (exact) mass is 170 g/mol. The number of hydrogen-bond donors (Lipinski definition) is 2. The Morgan fingerprint density at radius 3 is 2.58 bits per heavy atom. The van der Waals surface area contributed by atoms with Crippen LogP contribution in [-0.4, -0.2) is 18.6 Å². The quantitative estimate of drug-likeness (QED) is 0.593. The van der Waals surface area contributed by atoms with Crippen molar-refractivity contribution in [3.8, 4) is 0 Å². The smallest absolute Gasteiger partial charge is 0.0223 e. The van der Waals surface area contributed by atoms with Gasteiger partial charge in [0.15, 0.2) is 0 Å². The van der Waals surface area contributed by atoms with Crippen LogP contribution in [0.1, 0.15) is 39.5 Å². The van der Waals surface area contributed by atoms with Gasteiger partial charge in [0.25, 0.3) is 0 Å². The summed E-state index contributed by atoms with van der Waals surface area (Å²) in [5.74, 6) is 1.07. The van der Waals surface area contributed by atoms with Gasteiger partial charge in [-0.2, -0.15) is 0 Å². The van der Waals surface area contributed by atoms with Crippen LogP contribution >= 0.6 is 0 Å². The van der Waals surface area contributed by atoms with Crippen molar-refractivity contribution < 1.29 is 0 Å². The molecule has 0 radical (unpaired) electrons. The maximum atomic E-state index is 5.83. The fourth-order valence-electron chi connectivity index (χ4n) is 1.33. The largest absolute Gasteiger partial charge is 0.324 e. The second kappa shape index (κ2) is 4.24. The van der Waals surface area contributed by atoms with Crippen LogP contribution in [-0.2, 0) is 0 Å². The number of nitrogens with two attached hydrogens (primary N) is 1. The minimum atomic E-state index is -0.0560. The molecule has 0 bridgehead atoms. The molecule has 2 heteroatoms. The van der Waals surface area contributed by atoms with Crippen LogP contribution < -0.4 is 11.1 Å². The molecule has 1 aliphatic carbocycles. The van der Waals surface area contributed by atoms with E-state index in [1.54, 1.807) is 0 Å². The summed E-state index contributed by atoms with van der Waals surface area (Å²) < 4.78 is 0. The van der Waals surface area contributed by atoms with Gasteiger partial charge in [-0.3, -0.25) is 0 Å². The molecule has 0 aliphatic heterocycles. The lowest BCUT2D eigenvalue weighted by Crippen LogP contribution is -2.43. The average molecular weight is 170 g/mol. The Kier molecular flexibility index (Phi) is 3.53. The maximum absolute atomic E-state index is 5.83. The normalized spacial score (nSPS) is 18.2. The fourth-order valence-corrected chi connectivity index (χ4v) is 1.33. The van der Waals surface area contributed by atoms with Crippen molar-refractivity contribution in [1.82, 2.24) is 5.32 Å². The third-order valence-corrected chi connectivity index (χ3v) is 2.24. The molecular formula is C10H22N2. The summed E-state index contributed by atoms with van der Waals surface area (Å²) >= 11 is 0. The highest BCUT2D eigenvalue weighted by Gasteiger charge is 2.20. The van der Waals surface area contributed by atoms with Crippen LogP contribution in [0.4, 0.5) is 0 Å². The molecule has 1 saturated carbocycles. The van der Waals surface area contributed by atoms with E-state index >= 15 is 0 Å². The van der Waals surface area contributed by atoms with Crippen LogP contribution in [0, 0.1) is 5.92 Å². The van der Waals surface area contributed by atoms with Crippen molar-refractivity contribution in [2.24, 2.45) is 11.7 Å². The number of rotatable bonds is 6. The number of nitrogens with one attached hydrogen (secondary N) is 1. The zero-order chi connectivity index (χ0) is 9.03. The lowest BCUT2D eigenvalue weighted by Gasteiger charge is -2.18. The predicted molar refractivity (Wildman–Crippen MR) is 53.1 cm³/mol. The molecular weight excluding hydrogens is 148 g/mol. The summed E-state index contributed by atoms with van der Waals surface area (Å²) in [6.45, 7) is 6.18. The summed E-state index contributed by atoms with van der Waals surface area (Å²) in [6, 6.07) is 0. The summed E-state index contributed by atoms with van der Waals surface area (Å²) in [5, 5.41) is 3.38. The first-order valence-electron chi connectivity index (χ1n) is 5.07. The standard InChI is InChI=1S/C10H22N2/c1-10(2,11)8-12-7-3-4-9-5-6-9/h9,12H,3-8,11H2,1-2H3. The van der Waals surface area contributed by atoms with E-state index in [1.165, 1.54) is 25.7 Å². The molecule has 72 valence electrons. The van der Waals surface area contributed by atoms with Crippen molar-refractivity contribution >= 4 is 0 Å². The molecule has 2 nitrogen and oxygen atoms in total. The Hall–Kier alpha value is -0.0800. The highest BCUT2D eigenvalue weighted by atomic mass is 14.9. The summed E-state index contributed by atoms with van der Waals surface area (Å²) in [7, 11) is 0. The average Bonchev–Trinajstić information content (AvgIpc) is 2.68. The molecule has 0 saturated heterocycles. The van der Waals surface area contributed by atoms with Gasteiger partial charge in [-0.25, -0.2) is 0 Å². The molecule has 0 heterocycles. The van der Waals surface area contributed by atoms with Crippen molar-refractivity contribution in [1.29, 1.82) is 0 Å². The molecule has 1 aliphatic rings. The zero-order valence-electron chi connectivity index (χ0n) is 8.40. The first-order valence-corrected chi connectivity index (χ1v) is 5.07. The van der Waals surface area contributed by atoms with E-state index in [9.17, 15) is 0 Å². The lowest BCUT2D eigenvalue weighted by molar-refractivity contribution is 0.458. The Morgan fingerprint density at radius 1 is 1.42 bits per heavy atom. The van der Waals surface area contributed by atoms with Crippen molar-refractivity contribution in [3.05, 3.63) is 0 Å². The van der Waals surface area contributed by atoms with E-state index in [1.807, 2.05) is 0 Å². The molecule has 12 heavy (non-hydrogen) atoms. The second-order valence-electron chi connectivity index (χ2n) is 4.75. The van der Waals surface area contributed by atoms with E-state index in [-0.39, 0.29) is 5.54 Å². The topological polar surface area (TPSA) is 38.0 Å². The third-order valence-electron chi connectivity index (χ3n) is 2.24. The summed E-state index contributed by atoms with van der Waals surface area (Å²) in [6.07, 6.45) is 5.68. The SMILES string of the molecule is CC(C)(N)CNCCCC1CC1. The molecule has 0 spiro atoms. The Labute approximate surface area is 75.9 Å². The van der Waals surface area contributed by atoms with E-state index < -0.39 is 0 Å². The van der Waals surface area contributed by atoms with Gasteiger partial charge in [0.1, 0.15) is 0 Å². The summed E-state index contributed by atoms with van der Waals surface area (Å²) in [5.41, 5.74) is 5.77. The van der Waals surface area contributed by atoms with E-state index in [0.29, 0.717) is 0 Å².